The smallest absolute Gasteiger partial charge is 0.328 e. The van der Waals surface area contributed by atoms with E-state index in [0.717, 1.165) is 61.3 Å². The summed E-state index contributed by atoms with van der Waals surface area (Å²) in [5, 5.41) is 16.8. The van der Waals surface area contributed by atoms with E-state index in [2.05, 4.69) is 41.1 Å². The molecule has 0 aromatic heterocycles. The van der Waals surface area contributed by atoms with Crippen LogP contribution in [0.3, 0.4) is 0 Å². The van der Waals surface area contributed by atoms with E-state index >= 15 is 0 Å². The van der Waals surface area contributed by atoms with Gasteiger partial charge in [0.15, 0.2) is 5.17 Å². The molecular formula is C27H32FN3O5S. The van der Waals surface area contributed by atoms with Crippen molar-refractivity contribution in [1.29, 1.82) is 0 Å². The van der Waals surface area contributed by atoms with Crippen molar-refractivity contribution in [1.82, 2.24) is 9.80 Å². The Bertz CT molecular complexity index is 1090. The third-order valence-electron chi connectivity index (χ3n) is 6.04. The van der Waals surface area contributed by atoms with Gasteiger partial charge in [-0.15, -0.1) is 0 Å². The summed E-state index contributed by atoms with van der Waals surface area (Å²) >= 11 is 1.85. The van der Waals surface area contributed by atoms with Gasteiger partial charge in [-0.1, -0.05) is 30.0 Å². The van der Waals surface area contributed by atoms with Gasteiger partial charge in [-0.2, -0.15) is 0 Å². The van der Waals surface area contributed by atoms with E-state index in [-0.39, 0.29) is 5.82 Å². The highest BCUT2D eigenvalue weighted by atomic mass is 32.2. The number of hydrogen-bond donors (Lipinski definition) is 2. The molecule has 0 amide bonds. The fraction of sp³-hybridized carbons (Fsp3) is 0.370. The number of benzene rings is 2. The Kier molecular flexibility index (Phi) is 11.0. The average molecular weight is 530 g/mol. The SMILES string of the molecule is CN(C1=Nc2ccccc2CS1)C1CCN(CCCOc2ccc(F)cc2)CC1.O=C(O)/C=C/C(=O)O. The highest BCUT2D eigenvalue weighted by Gasteiger charge is 2.26. The van der Waals surface area contributed by atoms with Crippen molar-refractivity contribution in [2.45, 2.75) is 31.1 Å². The number of amidine groups is 1. The molecule has 2 N–H and O–H groups in total. The Morgan fingerprint density at radius 3 is 2.41 bits per heavy atom. The first kappa shape index (κ1) is 28.2. The van der Waals surface area contributed by atoms with E-state index in [1.54, 1.807) is 12.1 Å². The molecule has 0 spiro atoms. The maximum atomic E-state index is 12.9. The Morgan fingerprint density at radius 2 is 1.76 bits per heavy atom. The Balaban J connectivity index is 0.000000414. The molecule has 4 rings (SSSR count). The minimum atomic E-state index is -1.26. The summed E-state index contributed by atoms with van der Waals surface area (Å²) in [7, 11) is 2.19. The summed E-state index contributed by atoms with van der Waals surface area (Å²) in [6, 6.07) is 15.2. The van der Waals surface area contributed by atoms with E-state index in [1.165, 1.54) is 17.7 Å². The molecule has 198 valence electrons. The number of ether oxygens (including phenoxy) is 1. The number of carbonyl (C=O) groups is 2. The number of piperidine rings is 1. The number of halogens is 1. The standard InChI is InChI=1S/C23H28FN3OS.C4H4O4/c1-26(23-25-22-6-3-2-5-18(22)17-29-23)20-11-14-27(15-12-20)13-4-16-28-21-9-7-19(24)8-10-21;5-3(6)1-2-4(7)8/h2-3,5-10,20H,4,11-17H2,1H3;1-2H,(H,5,6)(H,7,8)/b;2-1+. The molecular weight excluding hydrogens is 497 g/mol. The summed E-state index contributed by atoms with van der Waals surface area (Å²) in [6.07, 6.45) is 4.43. The van der Waals surface area contributed by atoms with Crippen LogP contribution in [0.2, 0.25) is 0 Å². The molecule has 1 fully saturated rings. The molecule has 0 radical (unpaired) electrons. The zero-order chi connectivity index (χ0) is 26.6. The van der Waals surface area contributed by atoms with Gasteiger partial charge in [0.2, 0.25) is 0 Å². The number of likely N-dealkylation sites (tertiary alicyclic amines) is 1. The topological polar surface area (TPSA) is 103 Å². The maximum absolute atomic E-state index is 12.9. The van der Waals surface area contributed by atoms with E-state index in [1.807, 2.05) is 11.8 Å². The molecule has 0 bridgehead atoms. The molecule has 2 aliphatic heterocycles. The van der Waals surface area contributed by atoms with Crippen molar-refractivity contribution in [3.63, 3.8) is 0 Å². The minimum absolute atomic E-state index is 0.230. The van der Waals surface area contributed by atoms with E-state index in [4.69, 9.17) is 19.9 Å². The van der Waals surface area contributed by atoms with Crippen molar-refractivity contribution in [3.05, 3.63) is 72.1 Å². The summed E-state index contributed by atoms with van der Waals surface area (Å²) in [5.74, 6) is -1.00. The molecule has 2 heterocycles. The highest BCUT2D eigenvalue weighted by Crippen LogP contribution is 2.32. The van der Waals surface area contributed by atoms with Gasteiger partial charge in [0.25, 0.3) is 0 Å². The second kappa shape index (κ2) is 14.4. The third kappa shape index (κ3) is 9.55. The summed E-state index contributed by atoms with van der Waals surface area (Å²) in [4.78, 5) is 28.9. The van der Waals surface area contributed by atoms with Gasteiger partial charge in [-0.25, -0.2) is 19.0 Å². The monoisotopic (exact) mass is 529 g/mol. The maximum Gasteiger partial charge on any atom is 0.328 e. The van der Waals surface area contributed by atoms with E-state index in [0.29, 0.717) is 24.8 Å². The Morgan fingerprint density at radius 1 is 1.11 bits per heavy atom. The molecule has 37 heavy (non-hydrogen) atoms. The lowest BCUT2D eigenvalue weighted by atomic mass is 10.0. The van der Waals surface area contributed by atoms with Gasteiger partial charge in [0.1, 0.15) is 11.6 Å². The van der Waals surface area contributed by atoms with Gasteiger partial charge in [0.05, 0.1) is 12.3 Å². The fourth-order valence-corrected chi connectivity index (χ4v) is 5.08. The number of carboxylic acid groups (broad SMARTS) is 2. The number of aliphatic imine (C=N–C) groups is 1. The molecule has 0 unspecified atom stereocenters. The van der Waals surface area contributed by atoms with Crippen molar-refractivity contribution in [3.8, 4) is 5.75 Å². The Hall–Kier alpha value is -3.37. The van der Waals surface area contributed by atoms with Crippen LogP contribution < -0.4 is 4.74 Å². The summed E-state index contributed by atoms with van der Waals surface area (Å²) in [6.45, 7) is 3.93. The van der Waals surface area contributed by atoms with Gasteiger partial charge in [0, 0.05) is 50.6 Å². The van der Waals surface area contributed by atoms with Gasteiger partial charge in [-0.05, 0) is 55.2 Å². The lowest BCUT2D eigenvalue weighted by Crippen LogP contribution is -2.45. The first-order valence-electron chi connectivity index (χ1n) is 12.1. The van der Waals surface area contributed by atoms with Gasteiger partial charge < -0.3 is 24.7 Å². The molecule has 8 nitrogen and oxygen atoms in total. The molecule has 2 aromatic carbocycles. The van der Waals surface area contributed by atoms with Crippen LogP contribution in [0.15, 0.2) is 65.7 Å². The highest BCUT2D eigenvalue weighted by molar-refractivity contribution is 8.13. The number of hydrogen-bond acceptors (Lipinski definition) is 7. The van der Waals surface area contributed by atoms with Crippen LogP contribution in [0, 0.1) is 5.82 Å². The number of carboxylic acids is 2. The van der Waals surface area contributed by atoms with E-state index < -0.39 is 11.9 Å². The zero-order valence-corrected chi connectivity index (χ0v) is 21.6. The predicted octanol–water partition coefficient (Wildman–Crippen LogP) is 4.64. The van der Waals surface area contributed by atoms with E-state index in [9.17, 15) is 14.0 Å². The summed E-state index contributed by atoms with van der Waals surface area (Å²) < 4.78 is 18.6. The summed E-state index contributed by atoms with van der Waals surface area (Å²) in [5.41, 5.74) is 2.44. The third-order valence-corrected chi connectivity index (χ3v) is 7.13. The van der Waals surface area contributed by atoms with Crippen LogP contribution in [0.4, 0.5) is 10.1 Å². The van der Waals surface area contributed by atoms with Crippen LogP contribution in [0.25, 0.3) is 0 Å². The molecule has 0 atom stereocenters. The van der Waals surface area contributed by atoms with Crippen LogP contribution in [-0.4, -0.2) is 76.4 Å². The predicted molar refractivity (Wildman–Crippen MR) is 143 cm³/mol. The largest absolute Gasteiger partial charge is 0.494 e. The lowest BCUT2D eigenvalue weighted by molar-refractivity contribution is -0.134. The Labute approximate surface area is 220 Å². The van der Waals surface area contributed by atoms with Gasteiger partial charge >= 0.3 is 11.9 Å². The normalized spacial score (nSPS) is 15.8. The van der Waals surface area contributed by atoms with Crippen LogP contribution in [0.1, 0.15) is 24.8 Å². The lowest BCUT2D eigenvalue weighted by Gasteiger charge is -2.38. The van der Waals surface area contributed by atoms with Crippen LogP contribution in [0.5, 0.6) is 5.75 Å². The average Bonchev–Trinajstić information content (AvgIpc) is 2.91. The van der Waals surface area contributed by atoms with Crippen molar-refractivity contribution < 1.29 is 28.9 Å². The van der Waals surface area contributed by atoms with Crippen molar-refractivity contribution >= 4 is 34.6 Å². The molecule has 2 aromatic rings. The number of para-hydroxylation sites is 1. The quantitative estimate of drug-likeness (QED) is 0.377. The number of nitrogens with zero attached hydrogens (tertiary/aromatic N) is 3. The van der Waals surface area contributed by atoms with Crippen LogP contribution in [-0.2, 0) is 15.3 Å². The first-order chi connectivity index (χ1) is 17.8. The molecule has 2 aliphatic rings. The second-order valence-corrected chi connectivity index (χ2v) is 9.60. The molecule has 10 heteroatoms. The zero-order valence-electron chi connectivity index (χ0n) is 20.8. The number of rotatable bonds is 8. The molecule has 0 saturated carbocycles. The fourth-order valence-electron chi connectivity index (χ4n) is 4.04. The second-order valence-electron chi connectivity index (χ2n) is 8.66. The van der Waals surface area contributed by atoms with Crippen LogP contribution >= 0.6 is 11.8 Å². The number of thioether (sulfide) groups is 1. The molecule has 1 saturated heterocycles. The number of fused-ring (bicyclic) bond motifs is 1. The molecule has 0 aliphatic carbocycles. The minimum Gasteiger partial charge on any atom is -0.494 e. The van der Waals surface area contributed by atoms with Crippen molar-refractivity contribution in [2.24, 2.45) is 4.99 Å². The first-order valence-corrected chi connectivity index (χ1v) is 13.1. The van der Waals surface area contributed by atoms with Gasteiger partial charge in [-0.3, -0.25) is 0 Å². The van der Waals surface area contributed by atoms with Crippen molar-refractivity contribution in [2.75, 3.05) is 33.3 Å². The number of aliphatic carboxylic acids is 2.